The maximum atomic E-state index is 4.41. The van der Waals surface area contributed by atoms with Gasteiger partial charge < -0.3 is 10.2 Å². The van der Waals surface area contributed by atoms with E-state index in [1.165, 1.54) is 16.9 Å². The first-order valence-corrected chi connectivity index (χ1v) is 7.37. The highest BCUT2D eigenvalue weighted by Gasteiger charge is 2.13. The van der Waals surface area contributed by atoms with Gasteiger partial charge >= 0.3 is 0 Å². The van der Waals surface area contributed by atoms with Crippen LogP contribution in [-0.4, -0.2) is 31.2 Å². The first-order valence-electron chi connectivity index (χ1n) is 7.37. The Morgan fingerprint density at radius 2 is 1.75 bits per heavy atom. The molecule has 0 radical (unpaired) electrons. The Hall–Kier alpha value is -1.87. The number of piperazine rings is 1. The molecule has 0 aliphatic carbocycles. The molecule has 0 unspecified atom stereocenters. The van der Waals surface area contributed by atoms with Gasteiger partial charge in [-0.2, -0.15) is 0 Å². The van der Waals surface area contributed by atoms with Crippen molar-refractivity contribution in [3.8, 4) is 0 Å². The van der Waals surface area contributed by atoms with Crippen molar-refractivity contribution < 1.29 is 0 Å². The van der Waals surface area contributed by atoms with Gasteiger partial charge in [-0.15, -0.1) is 0 Å². The monoisotopic (exact) mass is 267 g/mol. The summed E-state index contributed by atoms with van der Waals surface area (Å²) in [7, 11) is 0. The molecule has 1 aliphatic rings. The minimum atomic E-state index is 1.00. The molecule has 1 N–H and O–H groups in total. The van der Waals surface area contributed by atoms with E-state index < -0.39 is 0 Å². The molecule has 2 aromatic rings. The largest absolute Gasteiger partial charge is 0.369 e. The van der Waals surface area contributed by atoms with Crippen molar-refractivity contribution in [2.45, 2.75) is 12.8 Å². The van der Waals surface area contributed by atoms with Crippen LogP contribution in [-0.2, 0) is 12.8 Å². The van der Waals surface area contributed by atoms with Crippen LogP contribution in [0.5, 0.6) is 0 Å². The lowest BCUT2D eigenvalue weighted by atomic mass is 10.0. The zero-order chi connectivity index (χ0) is 13.6. The summed E-state index contributed by atoms with van der Waals surface area (Å²) in [5, 5.41) is 3.41. The molecule has 0 bridgehead atoms. The maximum Gasteiger partial charge on any atom is 0.0406 e. The third-order valence-corrected chi connectivity index (χ3v) is 3.83. The van der Waals surface area contributed by atoms with Crippen molar-refractivity contribution in [2.24, 2.45) is 0 Å². The fraction of sp³-hybridized carbons (Fsp3) is 0.353. The van der Waals surface area contributed by atoms with Gasteiger partial charge in [0.05, 0.1) is 0 Å². The second kappa shape index (κ2) is 6.53. The van der Waals surface area contributed by atoms with Crippen LogP contribution < -0.4 is 10.2 Å². The van der Waals surface area contributed by atoms with Crippen molar-refractivity contribution in [2.75, 3.05) is 31.1 Å². The summed E-state index contributed by atoms with van der Waals surface area (Å²) in [5.41, 5.74) is 3.99. The van der Waals surface area contributed by atoms with Gasteiger partial charge in [0.25, 0.3) is 0 Å². The van der Waals surface area contributed by atoms with E-state index in [1.54, 1.807) is 0 Å². The van der Waals surface area contributed by atoms with E-state index in [4.69, 9.17) is 0 Å². The van der Waals surface area contributed by atoms with Gasteiger partial charge in [-0.25, -0.2) is 0 Å². The Balaban J connectivity index is 1.72. The van der Waals surface area contributed by atoms with E-state index in [0.29, 0.717) is 0 Å². The van der Waals surface area contributed by atoms with Crippen LogP contribution in [0.3, 0.4) is 0 Å². The molecule has 3 heteroatoms. The molecule has 20 heavy (non-hydrogen) atoms. The Bertz CT molecular complexity index is 533. The number of anilines is 1. The lowest BCUT2D eigenvalue weighted by Crippen LogP contribution is -2.43. The number of aromatic nitrogens is 1. The second-order valence-corrected chi connectivity index (χ2v) is 5.19. The first kappa shape index (κ1) is 13.1. The molecule has 1 aromatic carbocycles. The summed E-state index contributed by atoms with van der Waals surface area (Å²) in [6, 6.07) is 14.9. The van der Waals surface area contributed by atoms with E-state index in [1.807, 2.05) is 12.3 Å². The molecule has 1 saturated heterocycles. The Morgan fingerprint density at radius 3 is 2.55 bits per heavy atom. The standard InChI is InChI=1S/C17H21N3/c1-2-7-17(20-13-11-18-12-14-20)15(5-1)8-9-16-6-3-4-10-19-16/h1-7,10,18H,8-9,11-14H2. The zero-order valence-corrected chi connectivity index (χ0v) is 11.8. The summed E-state index contributed by atoms with van der Waals surface area (Å²) >= 11 is 0. The molecule has 3 nitrogen and oxygen atoms in total. The van der Waals surface area contributed by atoms with Crippen molar-refractivity contribution in [3.05, 3.63) is 59.9 Å². The number of para-hydroxylation sites is 1. The van der Waals surface area contributed by atoms with Gasteiger partial charge in [-0.1, -0.05) is 24.3 Å². The highest BCUT2D eigenvalue weighted by Crippen LogP contribution is 2.22. The molecule has 1 aromatic heterocycles. The van der Waals surface area contributed by atoms with Gasteiger partial charge in [0.2, 0.25) is 0 Å². The molecule has 1 aliphatic heterocycles. The Morgan fingerprint density at radius 1 is 0.950 bits per heavy atom. The van der Waals surface area contributed by atoms with E-state index in [-0.39, 0.29) is 0 Å². The number of pyridine rings is 1. The van der Waals surface area contributed by atoms with Gasteiger partial charge in [-0.05, 0) is 36.6 Å². The molecule has 3 rings (SSSR count). The van der Waals surface area contributed by atoms with Crippen molar-refractivity contribution in [1.82, 2.24) is 10.3 Å². The second-order valence-electron chi connectivity index (χ2n) is 5.19. The minimum Gasteiger partial charge on any atom is -0.369 e. The molecule has 0 saturated carbocycles. The number of rotatable bonds is 4. The highest BCUT2D eigenvalue weighted by atomic mass is 15.2. The summed E-state index contributed by atoms with van der Waals surface area (Å²) < 4.78 is 0. The minimum absolute atomic E-state index is 1.00. The van der Waals surface area contributed by atoms with E-state index >= 15 is 0 Å². The maximum absolute atomic E-state index is 4.41. The van der Waals surface area contributed by atoms with Gasteiger partial charge in [-0.3, -0.25) is 4.98 Å². The number of aryl methyl sites for hydroxylation is 2. The Kier molecular flexibility index (Phi) is 4.28. The first-order chi connectivity index (χ1) is 9.93. The lowest BCUT2D eigenvalue weighted by Gasteiger charge is -2.31. The van der Waals surface area contributed by atoms with Gasteiger partial charge in [0, 0.05) is 43.8 Å². The number of hydrogen-bond donors (Lipinski definition) is 1. The molecule has 0 spiro atoms. The van der Waals surface area contributed by atoms with Crippen LogP contribution >= 0.6 is 0 Å². The third kappa shape index (κ3) is 3.17. The fourth-order valence-electron chi connectivity index (χ4n) is 2.75. The average Bonchev–Trinajstić information content (AvgIpc) is 2.55. The normalized spacial score (nSPS) is 15.3. The fourth-order valence-corrected chi connectivity index (χ4v) is 2.75. The Labute approximate surface area is 120 Å². The molecular weight excluding hydrogens is 246 g/mol. The number of nitrogens with zero attached hydrogens (tertiary/aromatic N) is 2. The molecule has 0 amide bonds. The summed E-state index contributed by atoms with van der Waals surface area (Å²) in [4.78, 5) is 6.90. The number of benzene rings is 1. The van der Waals surface area contributed by atoms with Gasteiger partial charge in [0.15, 0.2) is 0 Å². The van der Waals surface area contributed by atoms with Crippen LogP contribution in [0.25, 0.3) is 0 Å². The lowest BCUT2D eigenvalue weighted by molar-refractivity contribution is 0.587. The summed E-state index contributed by atoms with van der Waals surface area (Å²) in [6.07, 6.45) is 3.93. The third-order valence-electron chi connectivity index (χ3n) is 3.83. The molecular formula is C17H21N3. The van der Waals surface area contributed by atoms with Crippen LogP contribution in [0.15, 0.2) is 48.7 Å². The predicted molar refractivity (Wildman–Crippen MR) is 83.2 cm³/mol. The smallest absolute Gasteiger partial charge is 0.0406 e. The number of hydrogen-bond acceptors (Lipinski definition) is 3. The molecule has 0 atom stereocenters. The van der Waals surface area contributed by atoms with E-state index in [2.05, 4.69) is 51.6 Å². The van der Waals surface area contributed by atoms with Crippen molar-refractivity contribution >= 4 is 5.69 Å². The quantitative estimate of drug-likeness (QED) is 0.921. The average molecular weight is 267 g/mol. The van der Waals surface area contributed by atoms with E-state index in [9.17, 15) is 0 Å². The van der Waals surface area contributed by atoms with Crippen molar-refractivity contribution in [3.63, 3.8) is 0 Å². The summed E-state index contributed by atoms with van der Waals surface area (Å²) in [5.74, 6) is 0. The highest BCUT2D eigenvalue weighted by molar-refractivity contribution is 5.54. The SMILES string of the molecule is c1ccc(CCc2ccccc2N2CCNCC2)nc1. The number of nitrogens with one attached hydrogen (secondary N) is 1. The predicted octanol–water partition coefficient (Wildman–Crippen LogP) is 2.28. The van der Waals surface area contributed by atoms with E-state index in [0.717, 1.165) is 39.0 Å². The van der Waals surface area contributed by atoms with Crippen LogP contribution in [0, 0.1) is 0 Å². The topological polar surface area (TPSA) is 28.2 Å². The summed E-state index contributed by atoms with van der Waals surface area (Å²) in [6.45, 7) is 4.35. The van der Waals surface area contributed by atoms with Crippen molar-refractivity contribution in [1.29, 1.82) is 0 Å². The van der Waals surface area contributed by atoms with Crippen LogP contribution in [0.1, 0.15) is 11.3 Å². The van der Waals surface area contributed by atoms with Gasteiger partial charge in [0.1, 0.15) is 0 Å². The van der Waals surface area contributed by atoms with Crippen LogP contribution in [0.2, 0.25) is 0 Å². The molecule has 2 heterocycles. The molecule has 1 fully saturated rings. The zero-order valence-electron chi connectivity index (χ0n) is 11.8. The van der Waals surface area contributed by atoms with Crippen LogP contribution in [0.4, 0.5) is 5.69 Å². The molecule has 104 valence electrons.